The molecule has 3 heterocycles. The summed E-state index contributed by atoms with van der Waals surface area (Å²) in [6.07, 6.45) is 3.43. The Morgan fingerprint density at radius 3 is 1.92 bits per heavy atom. The SMILES string of the molecule is CC(C)(C)c1ccc(-c2[c-]cc(F)cc2)nc1.[2H]C([2H])([2H])c1c[c-]c(-c2cc(C(C)(C)C)ncn2)c2oc3c(ccc4ccc5cc(-c6c(C(C)C)cc(C(C)C)cc6C(C)C)ccc5c43)c12.[Ir]. The first-order valence-electron chi connectivity index (χ1n) is 23.9. The number of pyridine rings is 1. The molecular weight excluding hydrogens is 978 g/mol. The van der Waals surface area contributed by atoms with Crippen LogP contribution in [0.1, 0.15) is 138 Å². The number of hydrogen-bond donors (Lipinski definition) is 0. The number of aromatic nitrogens is 3. The van der Waals surface area contributed by atoms with Gasteiger partial charge in [-0.05, 0) is 90.2 Å². The predicted octanol–water partition coefficient (Wildman–Crippen LogP) is 16.8. The number of furan rings is 1. The van der Waals surface area contributed by atoms with Crippen LogP contribution in [0.2, 0.25) is 0 Å². The zero-order valence-corrected chi connectivity index (χ0v) is 42.0. The van der Waals surface area contributed by atoms with Crippen molar-refractivity contribution in [1.29, 1.82) is 0 Å². The van der Waals surface area contributed by atoms with Crippen LogP contribution >= 0.6 is 0 Å². The molecule has 6 aromatic carbocycles. The van der Waals surface area contributed by atoms with Crippen LogP contribution in [-0.4, -0.2) is 15.0 Å². The second-order valence-corrected chi connectivity index (χ2v) is 20.1. The number of hydrogen-bond acceptors (Lipinski definition) is 4. The predicted molar refractivity (Wildman–Crippen MR) is 267 cm³/mol. The molecule has 0 bridgehead atoms. The molecule has 9 aromatic rings. The van der Waals surface area contributed by atoms with E-state index in [0.717, 1.165) is 43.9 Å². The van der Waals surface area contributed by atoms with Crippen LogP contribution in [0.4, 0.5) is 4.39 Å². The number of benzene rings is 6. The van der Waals surface area contributed by atoms with Gasteiger partial charge in [0.05, 0.1) is 5.58 Å². The average Bonchev–Trinajstić information content (AvgIpc) is 3.67. The van der Waals surface area contributed by atoms with Crippen LogP contribution < -0.4 is 0 Å². The third-order valence-electron chi connectivity index (χ3n) is 12.3. The van der Waals surface area contributed by atoms with E-state index in [2.05, 4.69) is 165 Å². The van der Waals surface area contributed by atoms with Gasteiger partial charge in [0.15, 0.2) is 0 Å². The molecule has 0 saturated carbocycles. The Morgan fingerprint density at radius 2 is 1.32 bits per heavy atom. The van der Waals surface area contributed by atoms with Crippen molar-refractivity contribution in [3.8, 4) is 33.6 Å². The third-order valence-corrected chi connectivity index (χ3v) is 12.3. The van der Waals surface area contributed by atoms with Gasteiger partial charge >= 0.3 is 0 Å². The normalized spacial score (nSPS) is 13.0. The maximum atomic E-state index is 12.8. The molecule has 0 saturated heterocycles. The van der Waals surface area contributed by atoms with Crippen LogP contribution in [0.25, 0.3) is 77.1 Å². The molecule has 9 rings (SSSR count). The first-order valence-corrected chi connectivity index (χ1v) is 22.4. The minimum absolute atomic E-state index is 0. The van der Waals surface area contributed by atoms with E-state index < -0.39 is 6.85 Å². The van der Waals surface area contributed by atoms with E-state index in [4.69, 9.17) is 8.53 Å². The van der Waals surface area contributed by atoms with Gasteiger partial charge in [0.25, 0.3) is 0 Å². The molecule has 1 radical (unpaired) electrons. The van der Waals surface area contributed by atoms with Gasteiger partial charge in [-0.2, -0.15) is 0 Å². The number of nitrogens with zero attached hydrogens (tertiary/aromatic N) is 3. The van der Waals surface area contributed by atoms with Gasteiger partial charge in [0.2, 0.25) is 0 Å². The third kappa shape index (κ3) is 9.44. The van der Waals surface area contributed by atoms with E-state index in [1.165, 1.54) is 45.5 Å². The summed E-state index contributed by atoms with van der Waals surface area (Å²) in [5.74, 6) is 0.917. The molecule has 6 heteroatoms. The minimum Gasteiger partial charge on any atom is -0.500 e. The second kappa shape index (κ2) is 18.4. The van der Waals surface area contributed by atoms with Crippen molar-refractivity contribution in [2.75, 3.05) is 0 Å². The van der Waals surface area contributed by atoms with Crippen molar-refractivity contribution in [2.24, 2.45) is 0 Å². The molecule has 335 valence electrons. The van der Waals surface area contributed by atoms with E-state index in [-0.39, 0.29) is 42.3 Å². The van der Waals surface area contributed by atoms with Gasteiger partial charge in [-0.25, -0.2) is 4.98 Å². The summed E-state index contributed by atoms with van der Waals surface area (Å²) in [6, 6.07) is 38.0. The van der Waals surface area contributed by atoms with Crippen LogP contribution in [0.15, 0.2) is 114 Å². The maximum Gasteiger partial charge on any atom is 0.129 e. The van der Waals surface area contributed by atoms with Crippen molar-refractivity contribution in [3.63, 3.8) is 0 Å². The number of rotatable bonds is 6. The number of halogens is 1. The summed E-state index contributed by atoms with van der Waals surface area (Å²) < 4.78 is 44.9. The Balaban J connectivity index is 0.000000320. The van der Waals surface area contributed by atoms with Gasteiger partial charge in [0, 0.05) is 58.1 Å². The Morgan fingerprint density at radius 1 is 0.631 bits per heavy atom. The first kappa shape index (κ1) is 43.3. The molecule has 65 heavy (non-hydrogen) atoms. The zero-order valence-electron chi connectivity index (χ0n) is 42.6. The van der Waals surface area contributed by atoms with Crippen molar-refractivity contribution < 1.29 is 33.0 Å². The largest absolute Gasteiger partial charge is 0.500 e. The average molecular weight is 1040 g/mol. The molecule has 0 atom stereocenters. The fraction of sp³-hybridized carbons (Fsp3) is 0.305. The smallest absolute Gasteiger partial charge is 0.129 e. The van der Waals surface area contributed by atoms with Crippen LogP contribution in [-0.2, 0) is 30.9 Å². The van der Waals surface area contributed by atoms with E-state index in [1.807, 2.05) is 24.4 Å². The summed E-state index contributed by atoms with van der Waals surface area (Å²) in [7, 11) is 0. The topological polar surface area (TPSA) is 51.8 Å². The molecule has 0 unspecified atom stereocenters. The first-order chi connectivity index (χ1) is 31.5. The quantitative estimate of drug-likeness (QED) is 0.123. The summed E-state index contributed by atoms with van der Waals surface area (Å²) in [4.78, 5) is 13.5. The van der Waals surface area contributed by atoms with Gasteiger partial charge in [-0.3, -0.25) is 9.37 Å². The van der Waals surface area contributed by atoms with Gasteiger partial charge in [-0.15, -0.1) is 47.5 Å². The second-order valence-electron chi connectivity index (χ2n) is 20.1. The molecule has 0 aliphatic carbocycles. The van der Waals surface area contributed by atoms with E-state index in [0.29, 0.717) is 45.6 Å². The number of fused-ring (bicyclic) bond motifs is 7. The van der Waals surface area contributed by atoms with E-state index in [1.54, 1.807) is 18.5 Å². The molecule has 3 aromatic heterocycles. The van der Waals surface area contributed by atoms with Crippen molar-refractivity contribution in [3.05, 3.63) is 161 Å². The van der Waals surface area contributed by atoms with Gasteiger partial charge < -0.3 is 9.40 Å². The standard InChI is InChI=1S/C44H45N2O.C15H15FN.Ir/c1-24(2)31-20-35(25(3)4)40(36(21-31)26(5)6)30-15-17-32-29(19-30)13-12-28-14-18-34-39-27(7)11-16-33(42(39)47-43(34)41(28)32)37-22-38(44(8,9)10)46-23-45-37;1-15(2,3)12-6-9-14(17-10-12)11-4-7-13(16)8-5-11;/h11-15,17-26H,1-10H3;4,6-10H,1-3H3;/q2*-1;/i7D3;;. The molecule has 0 spiro atoms. The Hall–Kier alpha value is -5.55. The monoisotopic (exact) mass is 1040 g/mol. The van der Waals surface area contributed by atoms with E-state index >= 15 is 0 Å². The summed E-state index contributed by atoms with van der Waals surface area (Å²) in [5, 5.41) is 5.50. The molecule has 0 aliphatic rings. The molecule has 4 nitrogen and oxygen atoms in total. The molecule has 0 aliphatic heterocycles. The zero-order chi connectivity index (χ0) is 48.3. The Kier molecular flexibility index (Phi) is 12.3. The fourth-order valence-electron chi connectivity index (χ4n) is 8.53. The Bertz CT molecular complexity index is 3260. The summed E-state index contributed by atoms with van der Waals surface area (Å²) in [6.45, 7) is 24.1. The Labute approximate surface area is 402 Å². The molecule has 0 N–H and O–H groups in total. The van der Waals surface area contributed by atoms with Gasteiger partial charge in [-0.1, -0.05) is 168 Å². The van der Waals surface area contributed by atoms with E-state index in [9.17, 15) is 4.39 Å². The molecular formula is C59H60FIrN3O-2. The minimum atomic E-state index is -2.36. The van der Waals surface area contributed by atoms with Gasteiger partial charge in [0.1, 0.15) is 11.9 Å². The fourth-order valence-corrected chi connectivity index (χ4v) is 8.53. The van der Waals surface area contributed by atoms with Crippen molar-refractivity contribution >= 4 is 43.5 Å². The van der Waals surface area contributed by atoms with Crippen LogP contribution in [0.5, 0.6) is 0 Å². The summed E-state index contributed by atoms with van der Waals surface area (Å²) in [5.41, 5.74) is 12.9. The van der Waals surface area contributed by atoms with Crippen LogP contribution in [0, 0.1) is 24.8 Å². The number of aryl methyl sites for hydroxylation is 1. The van der Waals surface area contributed by atoms with Crippen molar-refractivity contribution in [1.82, 2.24) is 15.0 Å². The molecule has 0 fully saturated rings. The molecule has 0 amide bonds. The van der Waals surface area contributed by atoms with Crippen molar-refractivity contribution in [2.45, 2.75) is 119 Å². The maximum absolute atomic E-state index is 12.8. The van der Waals surface area contributed by atoms with Crippen LogP contribution in [0.3, 0.4) is 0 Å². The summed E-state index contributed by atoms with van der Waals surface area (Å²) >= 11 is 0.